The van der Waals surface area contributed by atoms with E-state index in [0.717, 1.165) is 30.3 Å². The molecule has 3 heteroatoms. The number of rotatable bonds is 19. The quantitative estimate of drug-likeness (QED) is 0.116. The zero-order chi connectivity index (χ0) is 19.5. The van der Waals surface area contributed by atoms with Crippen molar-refractivity contribution in [2.75, 3.05) is 33.8 Å². The lowest BCUT2D eigenvalue weighted by atomic mass is 10.1. The number of carbonyl (C=O) groups excluding carboxylic acids is 1. The highest BCUT2D eigenvalue weighted by atomic mass is 16.5. The van der Waals surface area contributed by atoms with Crippen LogP contribution in [0, 0.1) is 0 Å². The molecule has 0 bridgehead atoms. The van der Waals surface area contributed by atoms with Gasteiger partial charge in [0.1, 0.15) is 13.2 Å². The normalized spacial score (nSPS) is 11.5. The first-order valence-corrected chi connectivity index (χ1v) is 11.1. The topological polar surface area (TPSA) is 26.3 Å². The minimum absolute atomic E-state index is 0.0174. The number of allylic oxidation sites excluding steroid dienone is 1. The minimum Gasteiger partial charge on any atom is -0.460 e. The maximum absolute atomic E-state index is 11.8. The van der Waals surface area contributed by atoms with E-state index in [1.165, 1.54) is 70.8 Å². The number of unbranched alkanes of at least 4 members (excludes halogenated alkanes) is 11. The third-order valence-corrected chi connectivity index (χ3v) is 5.12. The van der Waals surface area contributed by atoms with Gasteiger partial charge >= 0.3 is 5.97 Å². The van der Waals surface area contributed by atoms with Crippen LogP contribution < -0.4 is 0 Å². The third-order valence-electron chi connectivity index (χ3n) is 5.12. The van der Waals surface area contributed by atoms with Gasteiger partial charge in [-0.1, -0.05) is 64.4 Å². The molecule has 0 atom stereocenters. The molecule has 0 N–H and O–H groups in total. The molecule has 0 saturated carbocycles. The Morgan fingerprint density at radius 1 is 0.846 bits per heavy atom. The minimum atomic E-state index is -0.0174. The van der Waals surface area contributed by atoms with E-state index in [2.05, 4.69) is 27.6 Å². The molecule has 0 unspecified atom stereocenters. The second-order valence-electron chi connectivity index (χ2n) is 8.32. The Kier molecular flexibility index (Phi) is 17.0. The Morgan fingerprint density at radius 3 is 2.08 bits per heavy atom. The Labute approximate surface area is 163 Å². The van der Waals surface area contributed by atoms with Gasteiger partial charge in [0.25, 0.3) is 0 Å². The molecule has 0 heterocycles. The predicted octanol–water partition coefficient (Wildman–Crippen LogP) is 6.27. The first-order chi connectivity index (χ1) is 12.5. The van der Waals surface area contributed by atoms with Crippen molar-refractivity contribution < 1.29 is 14.0 Å². The van der Waals surface area contributed by atoms with Gasteiger partial charge < -0.3 is 9.22 Å². The fraction of sp³-hybridized carbons (Fsp3) is 0.870. The fourth-order valence-electron chi connectivity index (χ4n) is 3.18. The maximum atomic E-state index is 11.8. The number of hydrogen-bond donors (Lipinski definition) is 0. The molecule has 0 aliphatic carbocycles. The Morgan fingerprint density at radius 2 is 1.42 bits per heavy atom. The molecular formula is C23H46NO2+. The van der Waals surface area contributed by atoms with Crippen LogP contribution in [0.3, 0.4) is 0 Å². The molecule has 0 spiro atoms. The number of carbonyl (C=O) groups is 1. The van der Waals surface area contributed by atoms with Crippen molar-refractivity contribution in [1.82, 2.24) is 0 Å². The van der Waals surface area contributed by atoms with Crippen LogP contribution in [0.2, 0.25) is 0 Å². The summed E-state index contributed by atoms with van der Waals surface area (Å²) in [6.45, 7) is 8.65. The smallest absolute Gasteiger partial charge is 0.305 e. The highest BCUT2D eigenvalue weighted by Gasteiger charge is 2.15. The van der Waals surface area contributed by atoms with Crippen molar-refractivity contribution in [3.63, 3.8) is 0 Å². The van der Waals surface area contributed by atoms with Gasteiger partial charge in [0.2, 0.25) is 0 Å². The summed E-state index contributed by atoms with van der Waals surface area (Å²) in [5.41, 5.74) is 0. The lowest BCUT2D eigenvalue weighted by Gasteiger charge is -2.29. The molecule has 0 rings (SSSR count). The molecule has 0 radical (unpaired) electrons. The van der Waals surface area contributed by atoms with E-state index in [9.17, 15) is 4.79 Å². The molecule has 0 amide bonds. The van der Waals surface area contributed by atoms with Crippen LogP contribution >= 0.6 is 0 Å². The summed E-state index contributed by atoms with van der Waals surface area (Å²) in [6, 6.07) is 0. The molecule has 26 heavy (non-hydrogen) atoms. The highest BCUT2D eigenvalue weighted by molar-refractivity contribution is 5.69. The van der Waals surface area contributed by atoms with Crippen molar-refractivity contribution in [3.05, 3.63) is 12.7 Å². The lowest BCUT2D eigenvalue weighted by Crippen LogP contribution is -2.43. The Bertz CT molecular complexity index is 339. The fourth-order valence-corrected chi connectivity index (χ4v) is 3.18. The standard InChI is InChI=1S/C23H46NO2/c1-5-7-9-11-13-14-15-17-19-23(25)26-22-21-24(3,4)20-18-16-12-10-8-6-2/h5H,1,6-22H2,2-4H3/q+1. The average molecular weight is 369 g/mol. The summed E-state index contributed by atoms with van der Waals surface area (Å²) >= 11 is 0. The molecule has 0 saturated heterocycles. The van der Waals surface area contributed by atoms with E-state index in [4.69, 9.17) is 4.74 Å². The molecular weight excluding hydrogens is 322 g/mol. The summed E-state index contributed by atoms with van der Waals surface area (Å²) in [5, 5.41) is 0. The van der Waals surface area contributed by atoms with Crippen LogP contribution in [-0.2, 0) is 9.53 Å². The van der Waals surface area contributed by atoms with Gasteiger partial charge in [-0.15, -0.1) is 6.58 Å². The Hall–Kier alpha value is -0.830. The largest absolute Gasteiger partial charge is 0.460 e. The van der Waals surface area contributed by atoms with Crippen LogP contribution in [0.25, 0.3) is 0 Å². The van der Waals surface area contributed by atoms with Gasteiger partial charge in [0, 0.05) is 6.42 Å². The lowest BCUT2D eigenvalue weighted by molar-refractivity contribution is -0.890. The summed E-state index contributed by atoms with van der Waals surface area (Å²) in [7, 11) is 4.48. The number of likely N-dealkylation sites (N-methyl/N-ethyl adjacent to an activating group) is 1. The molecule has 3 nitrogen and oxygen atoms in total. The van der Waals surface area contributed by atoms with Crippen molar-refractivity contribution in [1.29, 1.82) is 0 Å². The monoisotopic (exact) mass is 368 g/mol. The number of nitrogens with zero attached hydrogens (tertiary/aromatic N) is 1. The first-order valence-electron chi connectivity index (χ1n) is 11.1. The molecule has 0 aliphatic rings. The van der Waals surface area contributed by atoms with Crippen molar-refractivity contribution >= 4 is 5.97 Å². The molecule has 0 aliphatic heterocycles. The third kappa shape index (κ3) is 18.0. The molecule has 0 fully saturated rings. The number of hydrogen-bond acceptors (Lipinski definition) is 2. The summed E-state index contributed by atoms with van der Waals surface area (Å²) in [4.78, 5) is 11.8. The zero-order valence-electron chi connectivity index (χ0n) is 18.1. The van der Waals surface area contributed by atoms with Gasteiger partial charge in [-0.05, 0) is 32.1 Å². The van der Waals surface area contributed by atoms with Crippen molar-refractivity contribution in [2.24, 2.45) is 0 Å². The molecule has 0 aromatic heterocycles. The van der Waals surface area contributed by atoms with Gasteiger partial charge in [-0.2, -0.15) is 0 Å². The Balaban J connectivity index is 3.50. The van der Waals surface area contributed by atoms with Crippen LogP contribution in [0.4, 0.5) is 0 Å². The van der Waals surface area contributed by atoms with E-state index in [1.807, 2.05) is 6.08 Å². The summed E-state index contributed by atoms with van der Waals surface area (Å²) in [6.07, 6.45) is 18.8. The number of ether oxygens (including phenoxy) is 1. The van der Waals surface area contributed by atoms with Crippen LogP contribution in [-0.4, -0.2) is 44.2 Å². The van der Waals surface area contributed by atoms with Crippen LogP contribution in [0.5, 0.6) is 0 Å². The van der Waals surface area contributed by atoms with Crippen molar-refractivity contribution in [3.8, 4) is 0 Å². The van der Waals surface area contributed by atoms with E-state index in [0.29, 0.717) is 13.0 Å². The highest BCUT2D eigenvalue weighted by Crippen LogP contribution is 2.10. The molecule has 0 aromatic rings. The van der Waals surface area contributed by atoms with Gasteiger partial charge in [-0.25, -0.2) is 0 Å². The zero-order valence-corrected chi connectivity index (χ0v) is 18.1. The number of quaternary nitrogens is 1. The predicted molar refractivity (Wildman–Crippen MR) is 113 cm³/mol. The first kappa shape index (κ1) is 25.2. The van der Waals surface area contributed by atoms with E-state index in [1.54, 1.807) is 0 Å². The summed E-state index contributed by atoms with van der Waals surface area (Å²) in [5.74, 6) is -0.0174. The number of esters is 1. The van der Waals surface area contributed by atoms with Crippen LogP contribution in [0.15, 0.2) is 12.7 Å². The van der Waals surface area contributed by atoms with E-state index in [-0.39, 0.29) is 5.97 Å². The maximum Gasteiger partial charge on any atom is 0.305 e. The molecule has 154 valence electrons. The SMILES string of the molecule is C=CCCCCCCCCC(=O)OCC[N+](C)(C)CCCCCCCC. The van der Waals surface area contributed by atoms with Gasteiger partial charge in [0.05, 0.1) is 20.6 Å². The van der Waals surface area contributed by atoms with E-state index >= 15 is 0 Å². The second kappa shape index (κ2) is 17.6. The average Bonchev–Trinajstić information content (AvgIpc) is 2.60. The van der Waals surface area contributed by atoms with Gasteiger partial charge in [-0.3, -0.25) is 4.79 Å². The van der Waals surface area contributed by atoms with E-state index < -0.39 is 0 Å². The molecule has 0 aromatic carbocycles. The van der Waals surface area contributed by atoms with Crippen molar-refractivity contribution in [2.45, 2.75) is 96.8 Å². The summed E-state index contributed by atoms with van der Waals surface area (Å²) < 4.78 is 6.38. The second-order valence-corrected chi connectivity index (χ2v) is 8.32. The van der Waals surface area contributed by atoms with Crippen LogP contribution in [0.1, 0.15) is 96.8 Å². The van der Waals surface area contributed by atoms with Gasteiger partial charge in [0.15, 0.2) is 0 Å².